The SMILES string of the molecule is CN(C(=O)c1cc([N+](=O)[O-])ccc1F)c1ccc(F)cc1. The highest BCUT2D eigenvalue weighted by atomic mass is 19.1. The van der Waals surface area contributed by atoms with Crippen molar-refractivity contribution >= 4 is 17.3 Å². The first-order valence-electron chi connectivity index (χ1n) is 5.87. The normalized spacial score (nSPS) is 10.2. The molecule has 0 atom stereocenters. The highest BCUT2D eigenvalue weighted by Crippen LogP contribution is 2.21. The minimum absolute atomic E-state index is 0.340. The number of nitro benzene ring substituents is 1. The summed E-state index contributed by atoms with van der Waals surface area (Å²) in [4.78, 5) is 23.2. The molecule has 7 heteroatoms. The van der Waals surface area contributed by atoms with E-state index in [9.17, 15) is 23.7 Å². The molecule has 0 bridgehead atoms. The second kappa shape index (κ2) is 5.66. The zero-order valence-electron chi connectivity index (χ0n) is 10.9. The van der Waals surface area contributed by atoms with Gasteiger partial charge in [-0.05, 0) is 30.3 Å². The lowest BCUT2D eigenvalue weighted by molar-refractivity contribution is -0.384. The third-order valence-corrected chi connectivity index (χ3v) is 2.91. The summed E-state index contributed by atoms with van der Waals surface area (Å²) in [5.41, 5.74) is -0.462. The Morgan fingerprint density at radius 3 is 2.33 bits per heavy atom. The van der Waals surface area contributed by atoms with Crippen LogP contribution in [0.1, 0.15) is 10.4 Å². The maximum atomic E-state index is 13.7. The summed E-state index contributed by atoms with van der Waals surface area (Å²) in [5, 5.41) is 10.7. The van der Waals surface area contributed by atoms with Crippen LogP contribution in [-0.4, -0.2) is 17.9 Å². The second-order valence-electron chi connectivity index (χ2n) is 4.26. The quantitative estimate of drug-likeness (QED) is 0.645. The fourth-order valence-electron chi connectivity index (χ4n) is 1.75. The van der Waals surface area contributed by atoms with Crippen LogP contribution in [0, 0.1) is 21.7 Å². The number of hydrogen-bond acceptors (Lipinski definition) is 3. The molecule has 5 nitrogen and oxygen atoms in total. The number of halogens is 2. The Hall–Kier alpha value is -2.83. The van der Waals surface area contributed by atoms with Crippen molar-refractivity contribution in [2.45, 2.75) is 0 Å². The van der Waals surface area contributed by atoms with E-state index >= 15 is 0 Å². The fourth-order valence-corrected chi connectivity index (χ4v) is 1.75. The van der Waals surface area contributed by atoms with Gasteiger partial charge in [0.25, 0.3) is 11.6 Å². The Morgan fingerprint density at radius 2 is 1.76 bits per heavy atom. The summed E-state index contributed by atoms with van der Waals surface area (Å²) in [6.07, 6.45) is 0. The van der Waals surface area contributed by atoms with Crippen molar-refractivity contribution in [2.75, 3.05) is 11.9 Å². The summed E-state index contributed by atoms with van der Waals surface area (Å²) >= 11 is 0. The molecule has 0 spiro atoms. The Kier molecular flexibility index (Phi) is 3.93. The smallest absolute Gasteiger partial charge is 0.270 e. The molecular formula is C14H10F2N2O3. The van der Waals surface area contributed by atoms with Crippen molar-refractivity contribution in [2.24, 2.45) is 0 Å². The Labute approximate surface area is 118 Å². The summed E-state index contributed by atoms with van der Waals surface area (Å²) in [6, 6.07) is 7.72. The van der Waals surface area contributed by atoms with Gasteiger partial charge in [0.15, 0.2) is 0 Å². The van der Waals surface area contributed by atoms with E-state index in [0.29, 0.717) is 5.69 Å². The molecule has 0 aliphatic carbocycles. The molecule has 2 aromatic rings. The average Bonchev–Trinajstić information content (AvgIpc) is 2.47. The van der Waals surface area contributed by atoms with E-state index < -0.39 is 28.0 Å². The van der Waals surface area contributed by atoms with E-state index in [2.05, 4.69) is 0 Å². The first-order chi connectivity index (χ1) is 9.90. The van der Waals surface area contributed by atoms with Gasteiger partial charge in [-0.15, -0.1) is 0 Å². The van der Waals surface area contributed by atoms with Gasteiger partial charge in [0.2, 0.25) is 0 Å². The predicted molar refractivity (Wildman–Crippen MR) is 72.2 cm³/mol. The number of rotatable bonds is 3. The second-order valence-corrected chi connectivity index (χ2v) is 4.26. The zero-order valence-corrected chi connectivity index (χ0v) is 10.9. The molecule has 0 fully saturated rings. The lowest BCUT2D eigenvalue weighted by Gasteiger charge is -2.17. The van der Waals surface area contributed by atoms with E-state index in [1.807, 2.05) is 0 Å². The van der Waals surface area contributed by atoms with Crippen LogP contribution in [-0.2, 0) is 0 Å². The van der Waals surface area contributed by atoms with Crippen molar-refractivity contribution < 1.29 is 18.5 Å². The van der Waals surface area contributed by atoms with E-state index in [1.54, 1.807) is 0 Å². The number of carbonyl (C=O) groups is 1. The van der Waals surface area contributed by atoms with Gasteiger partial charge < -0.3 is 4.90 Å². The zero-order chi connectivity index (χ0) is 15.6. The van der Waals surface area contributed by atoms with Crippen LogP contribution < -0.4 is 4.90 Å². The van der Waals surface area contributed by atoms with Gasteiger partial charge in [0.05, 0.1) is 10.5 Å². The van der Waals surface area contributed by atoms with Gasteiger partial charge in [0.1, 0.15) is 11.6 Å². The minimum Gasteiger partial charge on any atom is -0.311 e. The topological polar surface area (TPSA) is 63.5 Å². The molecule has 0 aliphatic heterocycles. The van der Waals surface area contributed by atoms with Gasteiger partial charge >= 0.3 is 0 Å². The molecule has 0 saturated carbocycles. The Bertz CT molecular complexity index is 702. The molecule has 0 aromatic heterocycles. The van der Waals surface area contributed by atoms with Gasteiger partial charge in [-0.2, -0.15) is 0 Å². The van der Waals surface area contributed by atoms with Gasteiger partial charge in [-0.25, -0.2) is 8.78 Å². The van der Waals surface area contributed by atoms with Crippen LogP contribution >= 0.6 is 0 Å². The number of non-ortho nitro benzene ring substituents is 1. The van der Waals surface area contributed by atoms with E-state index in [4.69, 9.17) is 0 Å². The lowest BCUT2D eigenvalue weighted by atomic mass is 10.1. The van der Waals surface area contributed by atoms with Crippen molar-refractivity contribution in [1.82, 2.24) is 0 Å². The molecule has 2 rings (SSSR count). The average molecular weight is 292 g/mol. The fraction of sp³-hybridized carbons (Fsp3) is 0.0714. The summed E-state index contributed by atoms with van der Waals surface area (Å²) in [5.74, 6) is -2.09. The summed E-state index contributed by atoms with van der Waals surface area (Å²) in [6.45, 7) is 0. The molecule has 0 aliphatic rings. The highest BCUT2D eigenvalue weighted by molar-refractivity contribution is 6.06. The number of hydrogen-bond donors (Lipinski definition) is 0. The number of nitrogens with zero attached hydrogens (tertiary/aromatic N) is 2. The number of amides is 1. The maximum absolute atomic E-state index is 13.7. The minimum atomic E-state index is -0.862. The van der Waals surface area contributed by atoms with Gasteiger partial charge in [-0.1, -0.05) is 0 Å². The number of nitro groups is 1. The maximum Gasteiger partial charge on any atom is 0.270 e. The highest BCUT2D eigenvalue weighted by Gasteiger charge is 2.20. The Morgan fingerprint density at radius 1 is 1.14 bits per heavy atom. The van der Waals surface area contributed by atoms with Crippen LogP contribution in [0.3, 0.4) is 0 Å². The van der Waals surface area contributed by atoms with Crippen molar-refractivity contribution in [1.29, 1.82) is 0 Å². The third kappa shape index (κ3) is 3.02. The van der Waals surface area contributed by atoms with E-state index in [-0.39, 0.29) is 5.69 Å². The molecule has 2 aromatic carbocycles. The molecule has 0 radical (unpaired) electrons. The molecule has 0 N–H and O–H groups in total. The van der Waals surface area contributed by atoms with E-state index in [0.717, 1.165) is 35.2 Å². The lowest BCUT2D eigenvalue weighted by Crippen LogP contribution is -2.27. The largest absolute Gasteiger partial charge is 0.311 e. The first-order valence-corrected chi connectivity index (χ1v) is 5.87. The first kappa shape index (κ1) is 14.6. The van der Waals surface area contributed by atoms with Crippen molar-refractivity contribution in [3.05, 3.63) is 69.8 Å². The summed E-state index contributed by atoms with van der Waals surface area (Å²) < 4.78 is 26.5. The van der Waals surface area contributed by atoms with Crippen LogP contribution in [0.5, 0.6) is 0 Å². The molecule has 0 heterocycles. The predicted octanol–water partition coefficient (Wildman–Crippen LogP) is 3.15. The number of carbonyl (C=O) groups excluding carboxylic acids is 1. The number of anilines is 1. The molecule has 21 heavy (non-hydrogen) atoms. The van der Waals surface area contributed by atoms with Gasteiger partial charge in [0, 0.05) is 24.9 Å². The molecular weight excluding hydrogens is 282 g/mol. The Balaban J connectivity index is 2.37. The van der Waals surface area contributed by atoms with Crippen molar-refractivity contribution in [3.8, 4) is 0 Å². The number of benzene rings is 2. The van der Waals surface area contributed by atoms with Crippen LogP contribution in [0.4, 0.5) is 20.2 Å². The molecule has 108 valence electrons. The van der Waals surface area contributed by atoms with Crippen LogP contribution in [0.2, 0.25) is 0 Å². The molecule has 0 unspecified atom stereocenters. The van der Waals surface area contributed by atoms with E-state index in [1.165, 1.54) is 19.2 Å². The van der Waals surface area contributed by atoms with Crippen LogP contribution in [0.25, 0.3) is 0 Å². The molecule has 1 amide bonds. The third-order valence-electron chi connectivity index (χ3n) is 2.91. The van der Waals surface area contributed by atoms with Gasteiger partial charge in [-0.3, -0.25) is 14.9 Å². The van der Waals surface area contributed by atoms with Crippen molar-refractivity contribution in [3.63, 3.8) is 0 Å². The molecule has 0 saturated heterocycles. The summed E-state index contributed by atoms with van der Waals surface area (Å²) in [7, 11) is 1.37. The standard InChI is InChI=1S/C14H10F2N2O3/c1-17(10-4-2-9(15)3-5-10)14(19)12-8-11(18(20)21)6-7-13(12)16/h2-8H,1H3. The van der Waals surface area contributed by atoms with Crippen LogP contribution in [0.15, 0.2) is 42.5 Å². The monoisotopic (exact) mass is 292 g/mol.